The fourth-order valence-corrected chi connectivity index (χ4v) is 3.20. The molecule has 4 nitrogen and oxygen atoms in total. The number of benzene rings is 1. The van der Waals surface area contributed by atoms with E-state index >= 15 is 0 Å². The van der Waals surface area contributed by atoms with E-state index in [-0.39, 0.29) is 5.91 Å². The van der Waals surface area contributed by atoms with Crippen LogP contribution in [-0.2, 0) is 11.3 Å². The summed E-state index contributed by atoms with van der Waals surface area (Å²) >= 11 is 0. The fourth-order valence-electron chi connectivity index (χ4n) is 3.20. The van der Waals surface area contributed by atoms with Crippen LogP contribution in [0.5, 0.6) is 5.75 Å². The maximum absolute atomic E-state index is 12.5. The van der Waals surface area contributed by atoms with E-state index in [2.05, 4.69) is 24.4 Å². The molecule has 0 atom stereocenters. The van der Waals surface area contributed by atoms with Crippen LogP contribution in [0, 0.1) is 12.8 Å². The topological polar surface area (TPSA) is 64.4 Å². The van der Waals surface area contributed by atoms with Crippen molar-refractivity contribution in [1.29, 1.82) is 0 Å². The molecule has 0 bridgehead atoms. The highest BCUT2D eigenvalue weighted by molar-refractivity contribution is 5.86. The smallest absolute Gasteiger partial charge is 0.240 e. The lowest BCUT2D eigenvalue weighted by Gasteiger charge is -2.31. The molecule has 23 heavy (non-hydrogen) atoms. The van der Waals surface area contributed by atoms with Crippen LogP contribution < -0.4 is 15.8 Å². The number of aryl methyl sites for hydroxylation is 1. The zero-order chi connectivity index (χ0) is 16.3. The second-order valence-corrected chi connectivity index (χ2v) is 7.27. The summed E-state index contributed by atoms with van der Waals surface area (Å²) in [4.78, 5) is 12.5. The van der Waals surface area contributed by atoms with E-state index in [0.29, 0.717) is 12.5 Å². The Morgan fingerprint density at radius 1 is 1.30 bits per heavy atom. The molecule has 4 heteroatoms. The lowest BCUT2D eigenvalue weighted by molar-refractivity contribution is -0.127. The van der Waals surface area contributed by atoms with Crippen molar-refractivity contribution in [2.24, 2.45) is 11.7 Å². The van der Waals surface area contributed by atoms with Crippen molar-refractivity contribution >= 4 is 5.91 Å². The van der Waals surface area contributed by atoms with Crippen LogP contribution >= 0.6 is 0 Å². The Balaban J connectivity index is 1.61. The molecule has 2 aliphatic carbocycles. The van der Waals surface area contributed by atoms with Crippen molar-refractivity contribution in [3.05, 3.63) is 29.3 Å². The predicted octanol–water partition coefficient (Wildman–Crippen LogP) is 3.06. The summed E-state index contributed by atoms with van der Waals surface area (Å²) in [5.74, 6) is 1.59. The Kier molecular flexibility index (Phi) is 4.90. The molecule has 0 radical (unpaired) electrons. The SMILES string of the molecule is Cc1ccc(CNC(=O)C2(N)CCCCC2)c(OCC2CC2)c1. The number of amides is 1. The van der Waals surface area contributed by atoms with Gasteiger partial charge in [0.2, 0.25) is 5.91 Å². The molecule has 0 spiro atoms. The van der Waals surface area contributed by atoms with Crippen molar-refractivity contribution in [3.8, 4) is 5.75 Å². The first-order valence-corrected chi connectivity index (χ1v) is 8.86. The second kappa shape index (κ2) is 6.91. The third-order valence-electron chi connectivity index (χ3n) is 5.03. The molecule has 1 amide bonds. The average Bonchev–Trinajstić information content (AvgIpc) is 3.36. The molecule has 3 rings (SSSR count). The number of carbonyl (C=O) groups is 1. The van der Waals surface area contributed by atoms with Gasteiger partial charge in [-0.1, -0.05) is 31.4 Å². The third kappa shape index (κ3) is 4.25. The van der Waals surface area contributed by atoms with Gasteiger partial charge in [-0.05, 0) is 50.2 Å². The molecule has 0 heterocycles. The summed E-state index contributed by atoms with van der Waals surface area (Å²) in [6, 6.07) is 6.16. The van der Waals surface area contributed by atoms with Gasteiger partial charge in [0.25, 0.3) is 0 Å². The standard InChI is InChI=1S/C19H28N2O2/c1-14-5-8-16(17(11-14)23-13-15-6-7-15)12-21-18(22)19(20)9-3-2-4-10-19/h5,8,11,15H,2-4,6-7,9-10,12-13,20H2,1H3,(H,21,22). The minimum Gasteiger partial charge on any atom is -0.493 e. The zero-order valence-electron chi connectivity index (χ0n) is 14.1. The zero-order valence-corrected chi connectivity index (χ0v) is 14.1. The highest BCUT2D eigenvalue weighted by Crippen LogP contribution is 2.31. The largest absolute Gasteiger partial charge is 0.493 e. The summed E-state index contributed by atoms with van der Waals surface area (Å²) < 4.78 is 5.96. The Labute approximate surface area is 138 Å². The van der Waals surface area contributed by atoms with Crippen LogP contribution in [0.4, 0.5) is 0 Å². The minimum atomic E-state index is -0.683. The first kappa shape index (κ1) is 16.3. The van der Waals surface area contributed by atoms with Crippen LogP contribution in [0.25, 0.3) is 0 Å². The maximum Gasteiger partial charge on any atom is 0.240 e. The van der Waals surface area contributed by atoms with E-state index < -0.39 is 5.54 Å². The summed E-state index contributed by atoms with van der Waals surface area (Å²) in [6.45, 7) is 3.33. The molecule has 2 fully saturated rings. The number of hydrogen-bond donors (Lipinski definition) is 2. The molecule has 1 aromatic carbocycles. The predicted molar refractivity (Wildman–Crippen MR) is 91.2 cm³/mol. The number of rotatable bonds is 6. The van der Waals surface area contributed by atoms with Gasteiger partial charge in [-0.15, -0.1) is 0 Å². The maximum atomic E-state index is 12.5. The normalized spacial score (nSPS) is 20.1. The van der Waals surface area contributed by atoms with Crippen molar-refractivity contribution in [2.75, 3.05) is 6.61 Å². The molecule has 3 N–H and O–H groups in total. The van der Waals surface area contributed by atoms with E-state index in [1.807, 2.05) is 6.07 Å². The van der Waals surface area contributed by atoms with Gasteiger partial charge in [0, 0.05) is 12.1 Å². The van der Waals surface area contributed by atoms with E-state index in [1.165, 1.54) is 24.8 Å². The van der Waals surface area contributed by atoms with Gasteiger partial charge in [-0.25, -0.2) is 0 Å². The molecule has 1 aromatic rings. The van der Waals surface area contributed by atoms with Crippen LogP contribution in [0.1, 0.15) is 56.1 Å². The quantitative estimate of drug-likeness (QED) is 0.848. The molecular weight excluding hydrogens is 288 g/mol. The minimum absolute atomic E-state index is 0.0223. The van der Waals surface area contributed by atoms with Crippen molar-refractivity contribution < 1.29 is 9.53 Å². The van der Waals surface area contributed by atoms with Crippen LogP contribution in [0.15, 0.2) is 18.2 Å². The molecule has 0 aliphatic heterocycles. The van der Waals surface area contributed by atoms with Crippen LogP contribution in [-0.4, -0.2) is 18.1 Å². The monoisotopic (exact) mass is 316 g/mol. The number of nitrogens with one attached hydrogen (secondary N) is 1. The summed E-state index contributed by atoms with van der Waals surface area (Å²) in [5.41, 5.74) is 7.82. The van der Waals surface area contributed by atoms with Crippen molar-refractivity contribution in [3.63, 3.8) is 0 Å². The summed E-state index contributed by atoms with van der Waals surface area (Å²) in [7, 11) is 0. The summed E-state index contributed by atoms with van der Waals surface area (Å²) in [6.07, 6.45) is 7.40. The highest BCUT2D eigenvalue weighted by atomic mass is 16.5. The van der Waals surface area contributed by atoms with E-state index in [0.717, 1.165) is 43.6 Å². The number of carbonyl (C=O) groups excluding carboxylic acids is 1. The Morgan fingerprint density at radius 3 is 2.74 bits per heavy atom. The molecule has 0 unspecified atom stereocenters. The molecule has 126 valence electrons. The van der Waals surface area contributed by atoms with Gasteiger partial charge < -0.3 is 15.8 Å². The van der Waals surface area contributed by atoms with Gasteiger partial charge in [0.15, 0.2) is 0 Å². The highest BCUT2D eigenvalue weighted by Gasteiger charge is 2.35. The van der Waals surface area contributed by atoms with E-state index in [4.69, 9.17) is 10.5 Å². The summed E-state index contributed by atoms with van der Waals surface area (Å²) in [5, 5.41) is 3.03. The molecule has 2 aliphatic rings. The van der Waals surface area contributed by atoms with E-state index in [1.54, 1.807) is 0 Å². The fraction of sp³-hybridized carbons (Fsp3) is 0.632. The van der Waals surface area contributed by atoms with E-state index in [9.17, 15) is 4.79 Å². The Morgan fingerprint density at radius 2 is 2.04 bits per heavy atom. The number of hydrogen-bond acceptors (Lipinski definition) is 3. The third-order valence-corrected chi connectivity index (χ3v) is 5.03. The van der Waals surface area contributed by atoms with Crippen molar-refractivity contribution in [2.45, 2.75) is 64.0 Å². The van der Waals surface area contributed by atoms with Gasteiger partial charge in [-0.3, -0.25) is 4.79 Å². The van der Waals surface area contributed by atoms with Gasteiger partial charge in [-0.2, -0.15) is 0 Å². The molecular formula is C19H28N2O2. The van der Waals surface area contributed by atoms with Gasteiger partial charge >= 0.3 is 0 Å². The number of ether oxygens (including phenoxy) is 1. The van der Waals surface area contributed by atoms with Crippen LogP contribution in [0.2, 0.25) is 0 Å². The lowest BCUT2D eigenvalue weighted by atomic mass is 9.82. The first-order valence-electron chi connectivity index (χ1n) is 8.86. The second-order valence-electron chi connectivity index (χ2n) is 7.27. The lowest BCUT2D eigenvalue weighted by Crippen LogP contribution is -2.54. The van der Waals surface area contributed by atoms with Crippen LogP contribution in [0.3, 0.4) is 0 Å². The first-order chi connectivity index (χ1) is 11.1. The van der Waals surface area contributed by atoms with Gasteiger partial charge in [0.05, 0.1) is 12.1 Å². The molecule has 2 saturated carbocycles. The Bertz CT molecular complexity index is 560. The van der Waals surface area contributed by atoms with Gasteiger partial charge in [0.1, 0.15) is 5.75 Å². The average molecular weight is 316 g/mol. The molecule has 0 aromatic heterocycles. The molecule has 0 saturated heterocycles. The number of nitrogens with two attached hydrogens (primary N) is 1. The Hall–Kier alpha value is -1.55. The van der Waals surface area contributed by atoms with Crippen molar-refractivity contribution in [1.82, 2.24) is 5.32 Å².